The van der Waals surface area contributed by atoms with Gasteiger partial charge in [0, 0.05) is 5.41 Å². The first-order chi connectivity index (χ1) is 6.10. The maximum atomic E-state index is 9.17. The largest absolute Gasteiger partial charge is 0.395 e. The predicted octanol–water partition coefficient (Wildman–Crippen LogP) is 1.33. The molecule has 0 bridgehead atoms. The van der Waals surface area contributed by atoms with Gasteiger partial charge >= 0.3 is 0 Å². The van der Waals surface area contributed by atoms with E-state index in [9.17, 15) is 0 Å². The second-order valence-electron chi connectivity index (χ2n) is 3.95. The maximum absolute atomic E-state index is 9.17. The Morgan fingerprint density at radius 2 is 1.77 bits per heavy atom. The SMILES string of the molecule is C[B]c1ccc(C(C)(C)CO)cc1. The Bertz CT molecular complexity index is 264. The fourth-order valence-corrected chi connectivity index (χ4v) is 1.22. The summed E-state index contributed by atoms with van der Waals surface area (Å²) in [5.41, 5.74) is 2.27. The van der Waals surface area contributed by atoms with Gasteiger partial charge in [0.05, 0.1) is 6.61 Å². The third kappa shape index (κ3) is 2.34. The Morgan fingerprint density at radius 1 is 1.23 bits per heavy atom. The smallest absolute Gasteiger partial charge is 0.148 e. The number of aliphatic hydroxyl groups is 1. The summed E-state index contributed by atoms with van der Waals surface area (Å²) in [6, 6.07) is 8.30. The highest BCUT2D eigenvalue weighted by Crippen LogP contribution is 2.20. The zero-order valence-electron chi connectivity index (χ0n) is 8.54. The number of rotatable bonds is 3. The van der Waals surface area contributed by atoms with Gasteiger partial charge < -0.3 is 5.11 Å². The van der Waals surface area contributed by atoms with Gasteiger partial charge in [-0.15, -0.1) is 0 Å². The van der Waals surface area contributed by atoms with Gasteiger partial charge in [0.25, 0.3) is 0 Å². The summed E-state index contributed by atoms with van der Waals surface area (Å²) in [5.74, 6) is 0. The quantitative estimate of drug-likeness (QED) is 0.687. The van der Waals surface area contributed by atoms with Crippen LogP contribution in [0.5, 0.6) is 0 Å². The summed E-state index contributed by atoms with van der Waals surface area (Å²) in [5, 5.41) is 9.17. The summed E-state index contributed by atoms with van der Waals surface area (Å²) < 4.78 is 0. The van der Waals surface area contributed by atoms with E-state index in [1.54, 1.807) is 0 Å². The van der Waals surface area contributed by atoms with Crippen LogP contribution in [0.4, 0.5) is 0 Å². The third-order valence-corrected chi connectivity index (χ3v) is 2.42. The van der Waals surface area contributed by atoms with Crippen molar-refractivity contribution in [3.63, 3.8) is 0 Å². The molecule has 2 heteroatoms. The molecule has 13 heavy (non-hydrogen) atoms. The van der Waals surface area contributed by atoms with Gasteiger partial charge in [0.2, 0.25) is 0 Å². The van der Waals surface area contributed by atoms with Gasteiger partial charge in [-0.25, -0.2) is 0 Å². The summed E-state index contributed by atoms with van der Waals surface area (Å²) in [6.07, 6.45) is 0. The van der Waals surface area contributed by atoms with Crippen molar-refractivity contribution in [3.8, 4) is 0 Å². The fraction of sp³-hybridized carbons (Fsp3) is 0.455. The minimum atomic E-state index is -0.133. The lowest BCUT2D eigenvalue weighted by molar-refractivity contribution is 0.218. The lowest BCUT2D eigenvalue weighted by Crippen LogP contribution is -2.23. The molecule has 1 N–H and O–H groups in total. The summed E-state index contributed by atoms with van der Waals surface area (Å²) in [4.78, 5) is 0. The van der Waals surface area contributed by atoms with Gasteiger partial charge in [-0.1, -0.05) is 50.4 Å². The van der Waals surface area contributed by atoms with Crippen molar-refractivity contribution in [1.29, 1.82) is 0 Å². The predicted molar refractivity (Wildman–Crippen MR) is 57.8 cm³/mol. The number of aliphatic hydroxyl groups excluding tert-OH is 1. The van der Waals surface area contributed by atoms with Crippen molar-refractivity contribution in [2.75, 3.05) is 6.61 Å². The molecule has 69 valence electrons. The molecule has 0 saturated heterocycles. The Morgan fingerprint density at radius 3 is 2.15 bits per heavy atom. The lowest BCUT2D eigenvalue weighted by Gasteiger charge is -2.22. The third-order valence-electron chi connectivity index (χ3n) is 2.42. The molecule has 0 aliphatic heterocycles. The normalized spacial score (nSPS) is 11.4. The number of benzene rings is 1. The van der Waals surface area contributed by atoms with Crippen molar-refractivity contribution in [1.82, 2.24) is 0 Å². The molecule has 1 aromatic rings. The number of hydrogen-bond acceptors (Lipinski definition) is 1. The Kier molecular flexibility index (Phi) is 3.15. The average Bonchev–Trinajstić information content (AvgIpc) is 2.18. The van der Waals surface area contributed by atoms with E-state index in [0.29, 0.717) is 0 Å². The van der Waals surface area contributed by atoms with Gasteiger partial charge in [0.1, 0.15) is 7.28 Å². The molecule has 0 amide bonds. The molecule has 0 spiro atoms. The molecule has 1 nitrogen and oxygen atoms in total. The minimum absolute atomic E-state index is 0.133. The van der Waals surface area contributed by atoms with Crippen molar-refractivity contribution >= 4 is 12.7 Å². The van der Waals surface area contributed by atoms with Crippen molar-refractivity contribution in [3.05, 3.63) is 29.8 Å². The molecule has 1 rings (SSSR count). The standard InChI is InChI=1S/C11H16BO/c1-11(2,8-13)9-4-6-10(12-3)7-5-9/h4-7,13H,8H2,1-3H3. The summed E-state index contributed by atoms with van der Waals surface area (Å²) in [7, 11) is 2.07. The van der Waals surface area contributed by atoms with Crippen LogP contribution < -0.4 is 5.46 Å². The first-order valence-corrected chi connectivity index (χ1v) is 4.61. The van der Waals surface area contributed by atoms with E-state index in [1.165, 1.54) is 11.0 Å². The van der Waals surface area contributed by atoms with Crippen LogP contribution in [0.25, 0.3) is 0 Å². The van der Waals surface area contributed by atoms with E-state index in [0.717, 1.165) is 0 Å². The highest BCUT2D eigenvalue weighted by atomic mass is 16.3. The highest BCUT2D eigenvalue weighted by Gasteiger charge is 2.18. The van der Waals surface area contributed by atoms with Gasteiger partial charge in [0.15, 0.2) is 0 Å². The van der Waals surface area contributed by atoms with E-state index in [4.69, 9.17) is 5.11 Å². The molecular formula is C11H16BO. The van der Waals surface area contributed by atoms with Crippen LogP contribution >= 0.6 is 0 Å². The van der Waals surface area contributed by atoms with Crippen LogP contribution in [0.3, 0.4) is 0 Å². The van der Waals surface area contributed by atoms with Crippen molar-refractivity contribution in [2.24, 2.45) is 0 Å². The van der Waals surface area contributed by atoms with Crippen LogP contribution in [0.15, 0.2) is 24.3 Å². The maximum Gasteiger partial charge on any atom is 0.148 e. The molecule has 0 heterocycles. The molecule has 0 atom stereocenters. The number of hydrogen-bond donors (Lipinski definition) is 1. The molecule has 0 saturated carbocycles. The van der Waals surface area contributed by atoms with E-state index in [1.807, 2.05) is 20.7 Å². The molecular weight excluding hydrogens is 159 g/mol. The molecule has 0 aliphatic rings. The molecule has 0 unspecified atom stereocenters. The van der Waals surface area contributed by atoms with Crippen LogP contribution in [0.1, 0.15) is 19.4 Å². The van der Waals surface area contributed by atoms with Crippen molar-refractivity contribution < 1.29 is 5.11 Å². The van der Waals surface area contributed by atoms with Crippen LogP contribution in [-0.2, 0) is 5.41 Å². The Labute approximate surface area is 81.0 Å². The van der Waals surface area contributed by atoms with Crippen LogP contribution in [0.2, 0.25) is 6.82 Å². The van der Waals surface area contributed by atoms with E-state index in [2.05, 4.69) is 31.5 Å². The molecule has 1 radical (unpaired) electrons. The van der Waals surface area contributed by atoms with Crippen LogP contribution in [0, 0.1) is 0 Å². The lowest BCUT2D eigenvalue weighted by atomic mass is 9.72. The molecule has 0 fully saturated rings. The molecule has 0 aromatic heterocycles. The van der Waals surface area contributed by atoms with Gasteiger partial charge in [-0.2, -0.15) is 0 Å². The first kappa shape index (κ1) is 10.3. The zero-order chi connectivity index (χ0) is 9.90. The average molecular weight is 175 g/mol. The Balaban J connectivity index is 2.92. The van der Waals surface area contributed by atoms with Gasteiger partial charge in [-0.3, -0.25) is 0 Å². The minimum Gasteiger partial charge on any atom is -0.395 e. The molecule has 0 aliphatic carbocycles. The second-order valence-corrected chi connectivity index (χ2v) is 3.95. The molecule has 1 aromatic carbocycles. The topological polar surface area (TPSA) is 20.2 Å². The van der Waals surface area contributed by atoms with Crippen molar-refractivity contribution in [2.45, 2.75) is 26.1 Å². The summed E-state index contributed by atoms with van der Waals surface area (Å²) in [6.45, 7) is 6.28. The second kappa shape index (κ2) is 3.97. The van der Waals surface area contributed by atoms with Gasteiger partial charge in [-0.05, 0) is 5.56 Å². The first-order valence-electron chi connectivity index (χ1n) is 4.61. The summed E-state index contributed by atoms with van der Waals surface area (Å²) >= 11 is 0. The van der Waals surface area contributed by atoms with E-state index >= 15 is 0 Å². The monoisotopic (exact) mass is 175 g/mol. The van der Waals surface area contributed by atoms with E-state index in [-0.39, 0.29) is 12.0 Å². The van der Waals surface area contributed by atoms with E-state index < -0.39 is 0 Å². The van der Waals surface area contributed by atoms with Crippen LogP contribution in [-0.4, -0.2) is 19.0 Å². The highest BCUT2D eigenvalue weighted by molar-refractivity contribution is 6.51. The zero-order valence-corrected chi connectivity index (χ0v) is 8.54. The Hall–Kier alpha value is -0.755. The fourth-order valence-electron chi connectivity index (χ4n) is 1.22.